The molecule has 0 saturated heterocycles. The predicted molar refractivity (Wildman–Crippen MR) is 67.4 cm³/mol. The number of aryl methyl sites for hydroxylation is 1. The van der Waals surface area contributed by atoms with Crippen molar-refractivity contribution < 1.29 is 30.6 Å². The van der Waals surface area contributed by atoms with E-state index in [-0.39, 0.29) is 11.3 Å². The first-order valence-corrected chi connectivity index (χ1v) is 6.85. The monoisotopic (exact) mass is 339 g/mol. The van der Waals surface area contributed by atoms with Crippen LogP contribution in [0.15, 0.2) is 23.1 Å². The number of hydrogen-bond donors (Lipinski definition) is 1. The molecule has 0 aliphatic heterocycles. The second-order valence-electron chi connectivity index (χ2n) is 4.23. The van der Waals surface area contributed by atoms with Gasteiger partial charge in [0.25, 0.3) is 0 Å². The van der Waals surface area contributed by atoms with E-state index in [2.05, 4.69) is 0 Å². The summed E-state index contributed by atoms with van der Waals surface area (Å²) in [6, 6.07) is 3.40. The van der Waals surface area contributed by atoms with Crippen LogP contribution in [-0.4, -0.2) is 4.21 Å². The topological polar surface area (TPSA) is 29.1 Å². The van der Waals surface area contributed by atoms with E-state index in [1.807, 2.05) is 4.72 Å². The molecule has 0 aliphatic carbocycles. The quantitative estimate of drug-likeness (QED) is 0.512. The lowest BCUT2D eigenvalue weighted by atomic mass is 10.2. The van der Waals surface area contributed by atoms with Crippen LogP contribution in [0.3, 0.4) is 0 Å². The molecule has 0 radical (unpaired) electrons. The molecule has 1 N–H and O–H groups in total. The fourth-order valence-corrected chi connectivity index (χ4v) is 2.51. The van der Waals surface area contributed by atoms with Crippen molar-refractivity contribution in [1.82, 2.24) is 0 Å². The van der Waals surface area contributed by atoms with Crippen molar-refractivity contribution in [2.24, 2.45) is 0 Å². The number of benzene rings is 2. The smallest absolute Gasteiger partial charge is 0.200 e. The van der Waals surface area contributed by atoms with Gasteiger partial charge in [0.2, 0.25) is 5.82 Å². The molecule has 0 amide bonds. The van der Waals surface area contributed by atoms with Crippen molar-refractivity contribution in [3.8, 4) is 0 Å². The molecule has 1 atom stereocenters. The lowest BCUT2D eigenvalue weighted by molar-refractivity contribution is 0.359. The van der Waals surface area contributed by atoms with Crippen LogP contribution in [-0.2, 0) is 11.0 Å². The largest absolute Gasteiger partial charge is 0.301 e. The molecule has 2 nitrogen and oxygen atoms in total. The van der Waals surface area contributed by atoms with Crippen molar-refractivity contribution >= 4 is 16.7 Å². The maximum absolute atomic E-state index is 13.5. The minimum absolute atomic E-state index is 0.148. The lowest BCUT2D eigenvalue weighted by Crippen LogP contribution is -2.14. The first kappa shape index (κ1) is 16.3. The summed E-state index contributed by atoms with van der Waals surface area (Å²) < 4.78 is 93.0. The molecule has 0 heterocycles. The zero-order valence-electron chi connectivity index (χ0n) is 10.8. The van der Waals surface area contributed by atoms with Crippen LogP contribution in [0.4, 0.5) is 32.0 Å². The fourth-order valence-electron chi connectivity index (χ4n) is 1.56. The van der Waals surface area contributed by atoms with Gasteiger partial charge in [-0.15, -0.1) is 0 Å². The van der Waals surface area contributed by atoms with Crippen molar-refractivity contribution in [3.05, 3.63) is 58.7 Å². The van der Waals surface area contributed by atoms with Gasteiger partial charge < -0.3 is 4.72 Å². The van der Waals surface area contributed by atoms with E-state index in [0.717, 1.165) is 6.07 Å². The summed E-state index contributed by atoms with van der Waals surface area (Å²) in [6.45, 7) is 1.44. The van der Waals surface area contributed by atoms with Crippen LogP contribution < -0.4 is 4.72 Å². The summed E-state index contributed by atoms with van der Waals surface area (Å²) in [7, 11) is -2.81. The second kappa shape index (κ2) is 5.99. The van der Waals surface area contributed by atoms with Gasteiger partial charge in [0.05, 0.1) is 0 Å². The zero-order valence-corrected chi connectivity index (χ0v) is 11.6. The molecule has 2 aromatic rings. The normalized spacial score (nSPS) is 12.3. The highest BCUT2D eigenvalue weighted by atomic mass is 32.2. The molecule has 22 heavy (non-hydrogen) atoms. The van der Waals surface area contributed by atoms with Gasteiger partial charge in [0, 0.05) is 5.69 Å². The molecule has 0 spiro atoms. The van der Waals surface area contributed by atoms with Gasteiger partial charge >= 0.3 is 0 Å². The number of hydrogen-bond acceptors (Lipinski definition) is 1. The Bertz CT molecular complexity index is 751. The maximum atomic E-state index is 13.5. The molecule has 0 aliphatic rings. The zero-order chi connectivity index (χ0) is 16.6. The maximum Gasteiger partial charge on any atom is 0.200 e. The molecule has 118 valence electrons. The van der Waals surface area contributed by atoms with Crippen molar-refractivity contribution in [1.29, 1.82) is 0 Å². The van der Waals surface area contributed by atoms with Crippen molar-refractivity contribution in [2.75, 3.05) is 4.72 Å². The van der Waals surface area contributed by atoms with Crippen LogP contribution in [0.25, 0.3) is 0 Å². The molecule has 9 heteroatoms. The van der Waals surface area contributed by atoms with Gasteiger partial charge in [-0.3, -0.25) is 0 Å². The Labute approximate surface area is 123 Å². The third-order valence-electron chi connectivity index (χ3n) is 2.74. The van der Waals surface area contributed by atoms with Crippen LogP contribution in [0, 0.1) is 41.8 Å². The van der Waals surface area contributed by atoms with Crippen LogP contribution in [0.2, 0.25) is 0 Å². The molecule has 0 aromatic heterocycles. The Morgan fingerprint density at radius 1 is 0.864 bits per heavy atom. The summed E-state index contributed by atoms with van der Waals surface area (Å²) in [5.74, 6) is -11.9. The molecule has 0 fully saturated rings. The summed E-state index contributed by atoms with van der Waals surface area (Å²) in [4.78, 5) is -1.53. The van der Waals surface area contributed by atoms with E-state index in [1.165, 1.54) is 19.1 Å². The number of anilines is 1. The highest BCUT2D eigenvalue weighted by Gasteiger charge is 2.29. The summed E-state index contributed by atoms with van der Waals surface area (Å²) in [5.41, 5.74) is 0.109. The van der Waals surface area contributed by atoms with E-state index < -0.39 is 50.8 Å². The number of nitrogens with one attached hydrogen (secondary N) is 1. The van der Waals surface area contributed by atoms with Crippen LogP contribution in [0.5, 0.6) is 0 Å². The molecule has 0 saturated carbocycles. The van der Waals surface area contributed by atoms with Gasteiger partial charge in [-0.25, -0.2) is 30.6 Å². The van der Waals surface area contributed by atoms with Crippen LogP contribution in [0.1, 0.15) is 5.56 Å². The average molecular weight is 339 g/mol. The highest BCUT2D eigenvalue weighted by Crippen LogP contribution is 2.26. The van der Waals surface area contributed by atoms with Gasteiger partial charge in [-0.05, 0) is 24.6 Å². The summed E-state index contributed by atoms with van der Waals surface area (Å²) >= 11 is 0. The van der Waals surface area contributed by atoms with E-state index in [0.29, 0.717) is 0 Å². The van der Waals surface area contributed by atoms with Crippen LogP contribution >= 0.6 is 0 Å². The minimum atomic E-state index is -2.81. The molecule has 2 rings (SSSR count). The van der Waals surface area contributed by atoms with Crippen molar-refractivity contribution in [2.45, 2.75) is 11.8 Å². The van der Waals surface area contributed by atoms with Gasteiger partial charge in [0.15, 0.2) is 34.3 Å². The molecule has 1 unspecified atom stereocenters. The Balaban J connectivity index is 2.44. The second-order valence-corrected chi connectivity index (χ2v) is 5.38. The Hall–Kier alpha value is -2.03. The first-order valence-electron chi connectivity index (χ1n) is 5.70. The van der Waals surface area contributed by atoms with E-state index in [4.69, 9.17) is 0 Å². The van der Waals surface area contributed by atoms with E-state index in [9.17, 15) is 30.6 Å². The molecular weight excluding hydrogens is 332 g/mol. The predicted octanol–water partition coefficient (Wildman–Crippen LogP) is 3.96. The summed E-state index contributed by atoms with van der Waals surface area (Å²) in [6.07, 6.45) is 0. The summed E-state index contributed by atoms with van der Waals surface area (Å²) in [5, 5.41) is 0. The molecule has 2 aromatic carbocycles. The Morgan fingerprint density at radius 2 is 1.36 bits per heavy atom. The highest BCUT2D eigenvalue weighted by molar-refractivity contribution is 7.86. The van der Waals surface area contributed by atoms with Gasteiger partial charge in [0.1, 0.15) is 10.7 Å². The number of rotatable bonds is 3. The molecule has 0 bridgehead atoms. The minimum Gasteiger partial charge on any atom is -0.301 e. The first-order chi connectivity index (χ1) is 10.2. The average Bonchev–Trinajstić information content (AvgIpc) is 2.47. The van der Waals surface area contributed by atoms with Gasteiger partial charge in [-0.1, -0.05) is 6.07 Å². The molecular formula is C13H7F6NOS. The van der Waals surface area contributed by atoms with E-state index >= 15 is 0 Å². The number of halogens is 6. The van der Waals surface area contributed by atoms with E-state index in [1.54, 1.807) is 0 Å². The standard InChI is InChI=1S/C13H7F6NOS/c1-5-2-3-6(4-7(5)14)20-22(21)13-11(18)9(16)8(15)10(17)12(13)19/h2-4,20H,1H3. The Kier molecular flexibility index (Phi) is 4.45. The lowest BCUT2D eigenvalue weighted by Gasteiger charge is -2.10. The fraction of sp³-hybridized carbons (Fsp3) is 0.0769. The Morgan fingerprint density at radius 3 is 1.86 bits per heavy atom. The van der Waals surface area contributed by atoms with Crippen molar-refractivity contribution in [3.63, 3.8) is 0 Å². The third kappa shape index (κ3) is 2.80. The van der Waals surface area contributed by atoms with Gasteiger partial charge in [-0.2, -0.15) is 0 Å². The third-order valence-corrected chi connectivity index (χ3v) is 3.89. The SMILES string of the molecule is Cc1ccc(NS(=O)c2c(F)c(F)c(F)c(F)c2F)cc1F.